The van der Waals surface area contributed by atoms with E-state index in [-0.39, 0.29) is 23.8 Å². The minimum atomic E-state index is -0.518. The van der Waals surface area contributed by atoms with E-state index in [0.29, 0.717) is 11.4 Å². The molecule has 0 radical (unpaired) electrons. The lowest BCUT2D eigenvalue weighted by molar-refractivity contribution is -0.383. The molecule has 2 amide bonds. The zero-order valence-corrected chi connectivity index (χ0v) is 13.8. The van der Waals surface area contributed by atoms with Crippen LogP contribution in [0.15, 0.2) is 42.5 Å². The Bertz CT molecular complexity index is 820. The highest BCUT2D eigenvalue weighted by atomic mass is 16.6. The maximum absolute atomic E-state index is 12.2. The van der Waals surface area contributed by atoms with Crippen LogP contribution in [-0.2, 0) is 9.59 Å². The molecule has 3 N–H and O–H groups in total. The van der Waals surface area contributed by atoms with Gasteiger partial charge < -0.3 is 16.0 Å². The maximum atomic E-state index is 12.2. The molecule has 25 heavy (non-hydrogen) atoms. The Morgan fingerprint density at radius 2 is 1.76 bits per heavy atom. The Kier molecular flexibility index (Phi) is 5.67. The zero-order valence-electron chi connectivity index (χ0n) is 13.8. The number of carbonyl (C=O) groups excluding carboxylic acids is 2. The summed E-state index contributed by atoms with van der Waals surface area (Å²) in [6.45, 7) is 3.08. The molecular formula is C17H18N4O4. The van der Waals surface area contributed by atoms with Crippen LogP contribution in [0.5, 0.6) is 0 Å². The molecule has 0 aromatic heterocycles. The Hall–Kier alpha value is -3.42. The molecule has 8 heteroatoms. The normalized spacial score (nSPS) is 10.0. The third kappa shape index (κ3) is 5.03. The van der Waals surface area contributed by atoms with Crippen LogP contribution in [0.2, 0.25) is 0 Å². The van der Waals surface area contributed by atoms with Crippen molar-refractivity contribution in [3.05, 3.63) is 58.1 Å². The van der Waals surface area contributed by atoms with Crippen molar-refractivity contribution < 1.29 is 14.5 Å². The predicted molar refractivity (Wildman–Crippen MR) is 95.7 cm³/mol. The number of hydrogen-bond donors (Lipinski definition) is 3. The Morgan fingerprint density at radius 3 is 2.44 bits per heavy atom. The summed E-state index contributed by atoms with van der Waals surface area (Å²) in [6.07, 6.45) is 0. The smallest absolute Gasteiger partial charge is 0.292 e. The lowest BCUT2D eigenvalue weighted by atomic mass is 10.2. The monoisotopic (exact) mass is 342 g/mol. The molecule has 0 fully saturated rings. The third-order valence-electron chi connectivity index (χ3n) is 3.30. The van der Waals surface area contributed by atoms with Crippen LogP contribution in [0.1, 0.15) is 12.5 Å². The molecule has 2 rings (SSSR count). The number of nitro benzene ring substituents is 1. The highest BCUT2D eigenvalue weighted by molar-refractivity contribution is 6.00. The second kappa shape index (κ2) is 7.91. The van der Waals surface area contributed by atoms with Gasteiger partial charge in [-0.15, -0.1) is 0 Å². The summed E-state index contributed by atoms with van der Waals surface area (Å²) >= 11 is 0. The highest BCUT2D eigenvalue weighted by Gasteiger charge is 2.14. The van der Waals surface area contributed by atoms with Gasteiger partial charge in [0.1, 0.15) is 5.69 Å². The average molecular weight is 342 g/mol. The summed E-state index contributed by atoms with van der Waals surface area (Å²) < 4.78 is 0. The number of nitrogens with zero attached hydrogens (tertiary/aromatic N) is 1. The topological polar surface area (TPSA) is 113 Å². The largest absolute Gasteiger partial charge is 0.371 e. The lowest BCUT2D eigenvalue weighted by Crippen LogP contribution is -2.23. The third-order valence-corrected chi connectivity index (χ3v) is 3.30. The molecule has 2 aromatic carbocycles. The number of nitrogens with one attached hydrogen (secondary N) is 3. The second-order valence-corrected chi connectivity index (χ2v) is 5.41. The summed E-state index contributed by atoms with van der Waals surface area (Å²) in [5, 5.41) is 19.0. The first kappa shape index (κ1) is 17.9. The fourth-order valence-electron chi connectivity index (χ4n) is 2.21. The fraction of sp³-hybridized carbons (Fsp3) is 0.176. The summed E-state index contributed by atoms with van der Waals surface area (Å²) in [7, 11) is 0. The van der Waals surface area contributed by atoms with Crippen molar-refractivity contribution in [2.75, 3.05) is 22.5 Å². The van der Waals surface area contributed by atoms with Gasteiger partial charge in [0, 0.05) is 13.0 Å². The fourth-order valence-corrected chi connectivity index (χ4v) is 2.21. The zero-order chi connectivity index (χ0) is 18.4. The van der Waals surface area contributed by atoms with Crippen molar-refractivity contribution in [1.29, 1.82) is 0 Å². The van der Waals surface area contributed by atoms with Gasteiger partial charge in [0.25, 0.3) is 5.69 Å². The van der Waals surface area contributed by atoms with Gasteiger partial charge in [0.05, 0.1) is 22.8 Å². The summed E-state index contributed by atoms with van der Waals surface area (Å²) in [6, 6.07) is 11.3. The number of para-hydroxylation sites is 2. The Labute approximate surface area is 144 Å². The molecule has 8 nitrogen and oxygen atoms in total. The van der Waals surface area contributed by atoms with Gasteiger partial charge in [-0.25, -0.2) is 0 Å². The van der Waals surface area contributed by atoms with E-state index in [4.69, 9.17) is 0 Å². The van der Waals surface area contributed by atoms with Gasteiger partial charge in [-0.1, -0.05) is 18.2 Å². The number of benzene rings is 2. The van der Waals surface area contributed by atoms with Crippen molar-refractivity contribution in [3.8, 4) is 0 Å². The number of carbonyl (C=O) groups is 2. The quantitative estimate of drug-likeness (QED) is 0.552. The molecule has 0 aliphatic rings. The van der Waals surface area contributed by atoms with E-state index in [2.05, 4.69) is 16.0 Å². The molecular weight excluding hydrogens is 324 g/mol. The van der Waals surface area contributed by atoms with Crippen LogP contribution in [0.3, 0.4) is 0 Å². The van der Waals surface area contributed by atoms with Crippen LogP contribution >= 0.6 is 0 Å². The standard InChI is InChI=1S/C17H18N4O4/c1-11-7-8-13(19-12(2)22)15(9-11)20-17(23)10-18-14-5-3-4-6-16(14)21(24)25/h3-9,18H,10H2,1-2H3,(H,19,22)(H,20,23). The molecule has 0 saturated heterocycles. The highest BCUT2D eigenvalue weighted by Crippen LogP contribution is 2.24. The van der Waals surface area contributed by atoms with Crippen LogP contribution in [0.25, 0.3) is 0 Å². The van der Waals surface area contributed by atoms with Crippen LogP contribution < -0.4 is 16.0 Å². The molecule has 130 valence electrons. The molecule has 0 saturated carbocycles. The number of amides is 2. The maximum Gasteiger partial charge on any atom is 0.292 e. The molecule has 0 aliphatic carbocycles. The van der Waals surface area contributed by atoms with E-state index < -0.39 is 10.8 Å². The second-order valence-electron chi connectivity index (χ2n) is 5.41. The summed E-state index contributed by atoms with van der Waals surface area (Å²) in [5.74, 6) is -0.646. The number of nitro groups is 1. The molecule has 0 atom stereocenters. The molecule has 0 aliphatic heterocycles. The minimum Gasteiger partial charge on any atom is -0.371 e. The first-order valence-corrected chi connectivity index (χ1v) is 7.52. The Balaban J connectivity index is 2.07. The average Bonchev–Trinajstić information content (AvgIpc) is 2.55. The van der Waals surface area contributed by atoms with Crippen molar-refractivity contribution in [2.24, 2.45) is 0 Å². The van der Waals surface area contributed by atoms with Crippen molar-refractivity contribution in [3.63, 3.8) is 0 Å². The number of hydrogen-bond acceptors (Lipinski definition) is 5. The summed E-state index contributed by atoms with van der Waals surface area (Å²) in [4.78, 5) is 33.9. The Morgan fingerprint density at radius 1 is 1.04 bits per heavy atom. The molecule has 0 heterocycles. The first-order chi connectivity index (χ1) is 11.9. The number of rotatable bonds is 6. The van der Waals surface area contributed by atoms with Gasteiger partial charge in [-0.2, -0.15) is 0 Å². The summed E-state index contributed by atoms with van der Waals surface area (Å²) in [5.41, 5.74) is 2.01. The SMILES string of the molecule is CC(=O)Nc1ccc(C)cc1NC(=O)CNc1ccccc1[N+](=O)[O-]. The molecule has 2 aromatic rings. The van der Waals surface area contributed by atoms with Crippen LogP contribution in [0, 0.1) is 17.0 Å². The number of aryl methyl sites for hydroxylation is 1. The van der Waals surface area contributed by atoms with Gasteiger partial charge in [-0.3, -0.25) is 19.7 Å². The van der Waals surface area contributed by atoms with E-state index >= 15 is 0 Å². The minimum absolute atomic E-state index is 0.107. The predicted octanol–water partition coefficient (Wildman–Crippen LogP) is 2.91. The van der Waals surface area contributed by atoms with Crippen molar-refractivity contribution >= 4 is 34.6 Å². The van der Waals surface area contributed by atoms with Gasteiger partial charge in [0.15, 0.2) is 0 Å². The lowest BCUT2D eigenvalue weighted by Gasteiger charge is -2.13. The molecule has 0 spiro atoms. The molecule has 0 unspecified atom stereocenters. The molecule has 0 bridgehead atoms. The van der Waals surface area contributed by atoms with Gasteiger partial charge in [0.2, 0.25) is 11.8 Å². The van der Waals surface area contributed by atoms with Crippen LogP contribution in [-0.4, -0.2) is 23.3 Å². The van der Waals surface area contributed by atoms with E-state index in [1.54, 1.807) is 24.3 Å². The van der Waals surface area contributed by atoms with E-state index in [1.165, 1.54) is 19.1 Å². The van der Waals surface area contributed by atoms with Crippen LogP contribution in [0.4, 0.5) is 22.7 Å². The van der Waals surface area contributed by atoms with Gasteiger partial charge in [-0.05, 0) is 30.7 Å². The first-order valence-electron chi connectivity index (χ1n) is 7.52. The van der Waals surface area contributed by atoms with E-state index in [0.717, 1.165) is 5.56 Å². The van der Waals surface area contributed by atoms with E-state index in [9.17, 15) is 19.7 Å². The van der Waals surface area contributed by atoms with Crippen molar-refractivity contribution in [2.45, 2.75) is 13.8 Å². The number of anilines is 3. The van der Waals surface area contributed by atoms with Gasteiger partial charge >= 0.3 is 0 Å². The van der Waals surface area contributed by atoms with Crippen molar-refractivity contribution in [1.82, 2.24) is 0 Å². The van der Waals surface area contributed by atoms with E-state index in [1.807, 2.05) is 13.0 Å².